The van der Waals surface area contributed by atoms with E-state index in [9.17, 15) is 0 Å². The fourth-order valence-corrected chi connectivity index (χ4v) is 6.23. The number of aromatic nitrogens is 1. The average Bonchev–Trinajstić information content (AvgIpc) is 3.01. The molecule has 2 bridgehead atoms. The molecular formula is C16H16NS+. The highest BCUT2D eigenvalue weighted by Gasteiger charge is 2.55. The van der Waals surface area contributed by atoms with E-state index in [1.54, 1.807) is 0 Å². The zero-order valence-corrected chi connectivity index (χ0v) is 11.1. The Balaban J connectivity index is 1.83. The first-order valence-corrected chi connectivity index (χ1v) is 7.89. The maximum Gasteiger partial charge on any atom is 0.226 e. The first kappa shape index (κ1) is 9.85. The number of nitrogens with zero attached hydrogens (tertiary/aromatic N) is 1. The number of para-hydroxylation sites is 1. The second-order valence-electron chi connectivity index (χ2n) is 6.02. The van der Waals surface area contributed by atoms with E-state index in [1.165, 1.54) is 35.1 Å². The maximum absolute atomic E-state index is 2.61. The van der Waals surface area contributed by atoms with E-state index in [-0.39, 0.29) is 0 Å². The van der Waals surface area contributed by atoms with Crippen LogP contribution >= 0.6 is 11.8 Å². The molecule has 4 unspecified atom stereocenters. The number of thioether (sulfide) groups is 1. The highest BCUT2D eigenvalue weighted by molar-refractivity contribution is 8.00. The topological polar surface area (TPSA) is 3.88 Å². The quantitative estimate of drug-likeness (QED) is 0.650. The summed E-state index contributed by atoms with van der Waals surface area (Å²) >= 11 is 2.16. The van der Waals surface area contributed by atoms with Gasteiger partial charge in [-0.25, -0.2) is 0 Å². The summed E-state index contributed by atoms with van der Waals surface area (Å²) in [5, 5.41) is 2.25. The van der Waals surface area contributed by atoms with Gasteiger partial charge in [-0.2, -0.15) is 4.57 Å². The van der Waals surface area contributed by atoms with E-state index in [1.807, 2.05) is 0 Å². The van der Waals surface area contributed by atoms with Gasteiger partial charge in [0.1, 0.15) is 0 Å². The molecule has 2 saturated carbocycles. The summed E-state index contributed by atoms with van der Waals surface area (Å²) in [5.74, 6) is 1.91. The van der Waals surface area contributed by atoms with Gasteiger partial charge in [-0.15, -0.1) is 11.8 Å². The lowest BCUT2D eigenvalue weighted by Crippen LogP contribution is -2.50. The van der Waals surface area contributed by atoms with Gasteiger partial charge in [-0.3, -0.25) is 0 Å². The highest BCUT2D eigenvalue weighted by Crippen LogP contribution is 2.57. The summed E-state index contributed by atoms with van der Waals surface area (Å²) in [6.45, 7) is 0. The van der Waals surface area contributed by atoms with Crippen LogP contribution in [0, 0.1) is 11.8 Å². The Hall–Kier alpha value is -1.02. The molecule has 1 aliphatic heterocycles. The molecule has 1 aromatic heterocycles. The Morgan fingerprint density at radius 2 is 1.94 bits per heavy atom. The number of benzene rings is 1. The van der Waals surface area contributed by atoms with Crippen LogP contribution in [-0.2, 0) is 0 Å². The van der Waals surface area contributed by atoms with Gasteiger partial charge < -0.3 is 0 Å². The van der Waals surface area contributed by atoms with Gasteiger partial charge in [0.15, 0.2) is 12.2 Å². The number of fused-ring (bicyclic) bond motifs is 6. The third kappa shape index (κ3) is 1.08. The fourth-order valence-electron chi connectivity index (χ4n) is 4.51. The van der Waals surface area contributed by atoms with E-state index in [0.29, 0.717) is 0 Å². The van der Waals surface area contributed by atoms with Crippen LogP contribution in [0.2, 0.25) is 0 Å². The number of hydrogen-bond donors (Lipinski definition) is 0. The minimum Gasteiger partial charge on any atom is -0.193 e. The van der Waals surface area contributed by atoms with E-state index in [2.05, 4.69) is 52.9 Å². The fraction of sp³-hybridized carbons (Fsp3) is 0.438. The Bertz CT molecular complexity index is 645. The molecule has 4 atom stereocenters. The van der Waals surface area contributed by atoms with E-state index in [0.717, 1.165) is 23.1 Å². The molecule has 3 aliphatic rings. The van der Waals surface area contributed by atoms with Gasteiger partial charge in [0.2, 0.25) is 5.52 Å². The molecule has 2 aromatic rings. The predicted octanol–water partition coefficient (Wildman–Crippen LogP) is 3.57. The van der Waals surface area contributed by atoms with Crippen molar-refractivity contribution in [2.24, 2.45) is 11.8 Å². The molecule has 0 spiro atoms. The van der Waals surface area contributed by atoms with Gasteiger partial charge in [0.05, 0.1) is 10.1 Å². The third-order valence-electron chi connectivity index (χ3n) is 5.19. The summed E-state index contributed by atoms with van der Waals surface area (Å²) < 4.78 is 2.61. The van der Waals surface area contributed by atoms with Crippen molar-refractivity contribution in [3.8, 4) is 0 Å². The predicted molar refractivity (Wildman–Crippen MR) is 73.7 cm³/mol. The molecule has 2 aliphatic carbocycles. The molecule has 0 radical (unpaired) electrons. The summed E-state index contributed by atoms with van der Waals surface area (Å²) in [6.07, 6.45) is 6.72. The van der Waals surface area contributed by atoms with Gasteiger partial charge in [0, 0.05) is 17.4 Å². The van der Waals surface area contributed by atoms with Gasteiger partial charge in [-0.05, 0) is 43.4 Å². The largest absolute Gasteiger partial charge is 0.226 e. The van der Waals surface area contributed by atoms with Crippen molar-refractivity contribution in [2.75, 3.05) is 0 Å². The molecular weight excluding hydrogens is 238 g/mol. The number of rotatable bonds is 0. The zero-order chi connectivity index (χ0) is 11.7. The highest BCUT2D eigenvalue weighted by atomic mass is 32.2. The second kappa shape index (κ2) is 3.30. The SMILES string of the molecule is c1cc2c3c(c1)ccc[n+]3C1C3CCC(C3)C1S2. The Kier molecular flexibility index (Phi) is 1.80. The molecule has 2 heteroatoms. The van der Waals surface area contributed by atoms with Crippen LogP contribution in [0.4, 0.5) is 0 Å². The van der Waals surface area contributed by atoms with Gasteiger partial charge in [0.25, 0.3) is 0 Å². The van der Waals surface area contributed by atoms with Gasteiger partial charge in [-0.1, -0.05) is 6.07 Å². The number of pyridine rings is 1. The summed E-state index contributed by atoms with van der Waals surface area (Å²) in [7, 11) is 0. The van der Waals surface area contributed by atoms with Crippen molar-refractivity contribution in [3.05, 3.63) is 36.5 Å². The minimum absolute atomic E-state index is 0.771. The lowest BCUT2D eigenvalue weighted by molar-refractivity contribution is -0.705. The lowest BCUT2D eigenvalue weighted by Gasteiger charge is -2.30. The van der Waals surface area contributed by atoms with Crippen molar-refractivity contribution in [1.82, 2.24) is 0 Å². The monoisotopic (exact) mass is 254 g/mol. The first-order chi connectivity index (χ1) is 8.92. The average molecular weight is 254 g/mol. The van der Waals surface area contributed by atoms with Crippen molar-refractivity contribution >= 4 is 22.7 Å². The summed E-state index contributed by atoms with van der Waals surface area (Å²) in [6, 6.07) is 12.0. The smallest absolute Gasteiger partial charge is 0.193 e. The van der Waals surface area contributed by atoms with Crippen molar-refractivity contribution in [3.63, 3.8) is 0 Å². The van der Waals surface area contributed by atoms with Crippen LogP contribution in [-0.4, -0.2) is 5.25 Å². The van der Waals surface area contributed by atoms with E-state index in [4.69, 9.17) is 0 Å². The molecule has 18 heavy (non-hydrogen) atoms. The Labute approximate surface area is 111 Å². The standard InChI is InChI=1S/C16H16NS/c1-3-10-4-2-8-17-14(10)13(5-1)18-16-12-7-6-11(9-12)15(16)17/h1-5,8,11-12,15-16H,6-7,9H2/q+1. The Morgan fingerprint density at radius 1 is 1.06 bits per heavy atom. The molecule has 2 heterocycles. The molecule has 0 N–H and O–H groups in total. The van der Waals surface area contributed by atoms with Crippen LogP contribution in [0.1, 0.15) is 25.3 Å². The van der Waals surface area contributed by atoms with Crippen molar-refractivity contribution < 1.29 is 4.57 Å². The van der Waals surface area contributed by atoms with Crippen LogP contribution in [0.3, 0.4) is 0 Å². The first-order valence-electron chi connectivity index (χ1n) is 7.01. The molecule has 5 rings (SSSR count). The van der Waals surface area contributed by atoms with Crippen molar-refractivity contribution in [1.29, 1.82) is 0 Å². The maximum atomic E-state index is 2.61. The van der Waals surface area contributed by atoms with Gasteiger partial charge >= 0.3 is 0 Å². The zero-order valence-electron chi connectivity index (χ0n) is 10.3. The normalized spacial score (nSPS) is 36.0. The van der Waals surface area contributed by atoms with Crippen LogP contribution in [0.15, 0.2) is 41.4 Å². The minimum atomic E-state index is 0.771. The second-order valence-corrected chi connectivity index (χ2v) is 7.24. The lowest BCUT2D eigenvalue weighted by atomic mass is 9.93. The van der Waals surface area contributed by atoms with E-state index < -0.39 is 0 Å². The van der Waals surface area contributed by atoms with Crippen LogP contribution in [0.25, 0.3) is 10.9 Å². The molecule has 1 nitrogen and oxygen atoms in total. The molecule has 0 amide bonds. The van der Waals surface area contributed by atoms with E-state index >= 15 is 0 Å². The molecule has 0 saturated heterocycles. The van der Waals surface area contributed by atoms with Crippen LogP contribution in [0.5, 0.6) is 0 Å². The molecule has 1 aromatic carbocycles. The number of hydrogen-bond acceptors (Lipinski definition) is 1. The third-order valence-corrected chi connectivity index (χ3v) is 6.71. The Morgan fingerprint density at radius 3 is 2.94 bits per heavy atom. The molecule has 90 valence electrons. The van der Waals surface area contributed by atoms with Crippen molar-refractivity contribution in [2.45, 2.75) is 35.4 Å². The van der Waals surface area contributed by atoms with Crippen LogP contribution < -0.4 is 4.57 Å². The molecule has 2 fully saturated rings. The summed E-state index contributed by atoms with van der Waals surface area (Å²) in [5.41, 5.74) is 1.49. The summed E-state index contributed by atoms with van der Waals surface area (Å²) in [4.78, 5) is 1.50.